The number of fused-ring (bicyclic) bond motifs is 1. The van der Waals surface area contributed by atoms with E-state index in [1.54, 1.807) is 6.20 Å². The Morgan fingerprint density at radius 1 is 0.828 bits per heavy atom. The van der Waals surface area contributed by atoms with E-state index in [1.807, 2.05) is 78.9 Å². The summed E-state index contributed by atoms with van der Waals surface area (Å²) < 4.78 is 0. The quantitative estimate of drug-likeness (QED) is 0.416. The largest absolute Gasteiger partial charge is 0.265 e. The second-order valence-corrected chi connectivity index (χ2v) is 6.99. The second-order valence-electron chi connectivity index (χ2n) is 6.99. The fraction of sp³-hybridized carbons (Fsp3) is 0.115. The van der Waals surface area contributed by atoms with E-state index in [4.69, 9.17) is 4.99 Å². The Kier molecular flexibility index (Phi) is 5.45. The molecule has 0 N–H and O–H groups in total. The van der Waals surface area contributed by atoms with Crippen LogP contribution in [0.3, 0.4) is 0 Å². The lowest BCUT2D eigenvalue weighted by Crippen LogP contribution is -2.16. The second kappa shape index (κ2) is 8.50. The van der Waals surface area contributed by atoms with Gasteiger partial charge in [-0.15, -0.1) is 0 Å². The third kappa shape index (κ3) is 3.93. The molecule has 0 aliphatic heterocycles. The topological polar surface area (TPSA) is 49.0 Å². The summed E-state index contributed by atoms with van der Waals surface area (Å²) in [6.45, 7) is 2.06. The van der Waals surface area contributed by atoms with E-state index in [1.165, 1.54) is 0 Å². The highest BCUT2D eigenvalue weighted by Crippen LogP contribution is 2.29. The Hall–Kier alpha value is -3.77. The van der Waals surface area contributed by atoms with Crippen molar-refractivity contribution in [2.45, 2.75) is 18.9 Å². The van der Waals surface area contributed by atoms with Crippen molar-refractivity contribution in [2.24, 2.45) is 4.99 Å². The summed E-state index contributed by atoms with van der Waals surface area (Å²) in [4.78, 5) is 9.40. The average Bonchev–Trinajstić information content (AvgIpc) is 2.80. The van der Waals surface area contributed by atoms with Gasteiger partial charge in [0.15, 0.2) is 0 Å². The molecule has 3 aromatic carbocycles. The number of hydrogen-bond acceptors (Lipinski definition) is 3. The lowest BCUT2D eigenvalue weighted by Gasteiger charge is -2.18. The van der Waals surface area contributed by atoms with Gasteiger partial charge in [0, 0.05) is 28.6 Å². The molecular weight excluding hydrogens is 354 g/mol. The summed E-state index contributed by atoms with van der Waals surface area (Å²) >= 11 is 0. The van der Waals surface area contributed by atoms with Gasteiger partial charge in [-0.25, -0.2) is 0 Å². The minimum Gasteiger partial charge on any atom is -0.265 e. The van der Waals surface area contributed by atoms with Crippen molar-refractivity contribution >= 4 is 16.6 Å². The van der Waals surface area contributed by atoms with Crippen LogP contribution in [0.5, 0.6) is 0 Å². The molecule has 1 aromatic heterocycles. The Morgan fingerprint density at radius 3 is 2.10 bits per heavy atom. The first kappa shape index (κ1) is 18.6. The van der Waals surface area contributed by atoms with E-state index in [2.05, 4.69) is 30.1 Å². The molecule has 2 atom stereocenters. The van der Waals surface area contributed by atoms with Gasteiger partial charge in [0.05, 0.1) is 17.3 Å². The van der Waals surface area contributed by atoms with Gasteiger partial charge >= 0.3 is 0 Å². The fourth-order valence-electron chi connectivity index (χ4n) is 3.59. The van der Waals surface area contributed by atoms with Crippen molar-refractivity contribution in [1.82, 2.24) is 4.98 Å². The molecule has 4 rings (SSSR count). The lowest BCUT2D eigenvalue weighted by atomic mass is 9.90. The summed E-state index contributed by atoms with van der Waals surface area (Å²) in [6, 6.07) is 32.0. The van der Waals surface area contributed by atoms with Crippen molar-refractivity contribution in [3.63, 3.8) is 0 Å². The standard InChI is InChI=1S/C26H21N3/c1-19(22-14-8-16-24-23(22)15-9-17-28-24)25(18-27)29-26(20-10-4-2-5-11-20)21-12-6-3-7-13-21/h2-17,19,25H,1H3. The molecule has 4 aromatic rings. The highest BCUT2D eigenvalue weighted by molar-refractivity contribution is 6.13. The molecule has 0 saturated heterocycles. The van der Waals surface area contributed by atoms with Crippen LogP contribution in [0.1, 0.15) is 29.5 Å². The zero-order valence-electron chi connectivity index (χ0n) is 16.2. The summed E-state index contributed by atoms with van der Waals surface area (Å²) in [5.41, 5.74) is 4.87. The predicted molar refractivity (Wildman–Crippen MR) is 118 cm³/mol. The molecule has 0 aliphatic rings. The smallest absolute Gasteiger partial charge is 0.143 e. The van der Waals surface area contributed by atoms with Crippen molar-refractivity contribution in [3.8, 4) is 6.07 Å². The van der Waals surface area contributed by atoms with Gasteiger partial charge in [-0.2, -0.15) is 5.26 Å². The predicted octanol–water partition coefficient (Wildman–Crippen LogP) is 5.77. The van der Waals surface area contributed by atoms with Crippen molar-refractivity contribution in [1.29, 1.82) is 5.26 Å². The molecule has 0 radical (unpaired) electrons. The molecule has 0 aliphatic carbocycles. The van der Waals surface area contributed by atoms with Gasteiger partial charge in [0.1, 0.15) is 6.04 Å². The first-order chi connectivity index (χ1) is 14.3. The fourth-order valence-corrected chi connectivity index (χ4v) is 3.59. The Balaban J connectivity index is 1.81. The van der Waals surface area contributed by atoms with Crippen LogP contribution in [-0.2, 0) is 0 Å². The lowest BCUT2D eigenvalue weighted by molar-refractivity contribution is 0.681. The van der Waals surface area contributed by atoms with Gasteiger partial charge in [-0.1, -0.05) is 85.8 Å². The molecule has 0 spiro atoms. The number of nitrogens with zero attached hydrogens (tertiary/aromatic N) is 3. The van der Waals surface area contributed by atoms with E-state index in [-0.39, 0.29) is 5.92 Å². The van der Waals surface area contributed by atoms with E-state index in [0.29, 0.717) is 0 Å². The van der Waals surface area contributed by atoms with Gasteiger partial charge in [0.25, 0.3) is 0 Å². The van der Waals surface area contributed by atoms with Crippen LogP contribution in [0.2, 0.25) is 0 Å². The monoisotopic (exact) mass is 375 g/mol. The SMILES string of the molecule is CC(c1cccc2ncccc12)C(C#N)N=C(c1ccccc1)c1ccccc1. The Labute approximate surface area is 171 Å². The molecule has 0 bridgehead atoms. The first-order valence-corrected chi connectivity index (χ1v) is 9.70. The molecule has 2 unspecified atom stereocenters. The molecule has 3 heteroatoms. The number of hydrogen-bond donors (Lipinski definition) is 0. The maximum absolute atomic E-state index is 10.00. The van der Waals surface area contributed by atoms with Gasteiger partial charge in [-0.05, 0) is 17.7 Å². The molecule has 0 amide bonds. The van der Waals surface area contributed by atoms with Gasteiger partial charge < -0.3 is 0 Å². The number of pyridine rings is 1. The average molecular weight is 375 g/mol. The molecule has 0 fully saturated rings. The molecule has 0 saturated carbocycles. The number of nitriles is 1. The number of benzene rings is 3. The van der Waals surface area contributed by atoms with Crippen molar-refractivity contribution in [3.05, 3.63) is 114 Å². The minimum absolute atomic E-state index is 0.0738. The Morgan fingerprint density at radius 2 is 1.48 bits per heavy atom. The number of aliphatic imine (C=N–C) groups is 1. The van der Waals surface area contributed by atoms with Crippen LogP contribution in [0, 0.1) is 11.3 Å². The summed E-state index contributed by atoms with van der Waals surface area (Å²) in [6.07, 6.45) is 1.79. The zero-order valence-corrected chi connectivity index (χ0v) is 16.2. The van der Waals surface area contributed by atoms with Gasteiger partial charge in [0.2, 0.25) is 0 Å². The van der Waals surface area contributed by atoms with Crippen LogP contribution < -0.4 is 0 Å². The first-order valence-electron chi connectivity index (χ1n) is 9.70. The normalized spacial score (nSPS) is 12.7. The van der Waals surface area contributed by atoms with E-state index in [9.17, 15) is 5.26 Å². The molecule has 1 heterocycles. The molecular formula is C26H21N3. The third-order valence-electron chi connectivity index (χ3n) is 5.14. The van der Waals surface area contributed by atoms with Gasteiger partial charge in [-0.3, -0.25) is 9.98 Å². The van der Waals surface area contributed by atoms with E-state index in [0.717, 1.165) is 33.3 Å². The Bertz CT molecular complexity index is 1130. The molecule has 29 heavy (non-hydrogen) atoms. The van der Waals surface area contributed by atoms with Crippen LogP contribution in [0.4, 0.5) is 0 Å². The highest BCUT2D eigenvalue weighted by atomic mass is 14.8. The summed E-state index contributed by atoms with van der Waals surface area (Å²) in [5.74, 6) is -0.0738. The maximum atomic E-state index is 10.00. The minimum atomic E-state index is -0.517. The number of aromatic nitrogens is 1. The zero-order chi connectivity index (χ0) is 20.1. The van der Waals surface area contributed by atoms with Crippen LogP contribution in [-0.4, -0.2) is 16.7 Å². The van der Waals surface area contributed by atoms with Crippen LogP contribution in [0.25, 0.3) is 10.9 Å². The van der Waals surface area contributed by atoms with Crippen LogP contribution >= 0.6 is 0 Å². The van der Waals surface area contributed by atoms with Crippen LogP contribution in [0.15, 0.2) is 102 Å². The summed E-state index contributed by atoms with van der Waals surface area (Å²) in [5, 5.41) is 11.1. The third-order valence-corrected chi connectivity index (χ3v) is 5.14. The summed E-state index contributed by atoms with van der Waals surface area (Å²) in [7, 11) is 0. The number of rotatable bonds is 5. The van der Waals surface area contributed by atoms with Crippen molar-refractivity contribution < 1.29 is 0 Å². The van der Waals surface area contributed by atoms with E-state index < -0.39 is 6.04 Å². The molecule has 3 nitrogen and oxygen atoms in total. The molecule has 140 valence electrons. The highest BCUT2D eigenvalue weighted by Gasteiger charge is 2.21. The van der Waals surface area contributed by atoms with Crippen molar-refractivity contribution in [2.75, 3.05) is 0 Å². The maximum Gasteiger partial charge on any atom is 0.143 e. The van der Waals surface area contributed by atoms with E-state index >= 15 is 0 Å².